The van der Waals surface area contributed by atoms with Gasteiger partial charge in [0, 0.05) is 0 Å². The van der Waals surface area contributed by atoms with Crippen molar-refractivity contribution in [2.24, 2.45) is 5.41 Å². The summed E-state index contributed by atoms with van der Waals surface area (Å²) in [6.07, 6.45) is -0.0383. The molecule has 0 saturated heterocycles. The molecular weight excluding hydrogens is 168 g/mol. The lowest BCUT2D eigenvalue weighted by atomic mass is 9.97. The van der Waals surface area contributed by atoms with E-state index in [0.717, 1.165) is 0 Å². The number of carbonyl (C=O) groups excluding carboxylic acids is 2. The van der Waals surface area contributed by atoms with Crippen LogP contribution in [0.5, 0.6) is 0 Å². The first-order valence-electron chi connectivity index (χ1n) is 4.50. The van der Waals surface area contributed by atoms with Gasteiger partial charge in [-0.25, -0.2) is 0 Å². The number of hydrogen-bond acceptors (Lipinski definition) is 3. The van der Waals surface area contributed by atoms with Gasteiger partial charge in [0.1, 0.15) is 0 Å². The average molecular weight is 186 g/mol. The fourth-order valence-corrected chi connectivity index (χ4v) is 0.760. The van der Waals surface area contributed by atoms with E-state index < -0.39 is 11.5 Å². The summed E-state index contributed by atoms with van der Waals surface area (Å²) in [5, 5.41) is 0. The number of esters is 1. The van der Waals surface area contributed by atoms with Crippen molar-refractivity contribution in [2.75, 3.05) is 0 Å². The van der Waals surface area contributed by atoms with Crippen LogP contribution in [0.2, 0.25) is 0 Å². The van der Waals surface area contributed by atoms with Crippen LogP contribution in [0.15, 0.2) is 0 Å². The van der Waals surface area contributed by atoms with E-state index in [-0.39, 0.29) is 11.8 Å². The zero-order valence-electron chi connectivity index (χ0n) is 9.01. The van der Waals surface area contributed by atoms with Crippen LogP contribution in [0.25, 0.3) is 0 Å². The van der Waals surface area contributed by atoms with Crippen molar-refractivity contribution < 1.29 is 14.3 Å². The van der Waals surface area contributed by atoms with Crippen LogP contribution < -0.4 is 0 Å². The number of Topliss-reactive ketones (excluding diaryl/α,β-unsaturated/α-hetero) is 1. The monoisotopic (exact) mass is 186 g/mol. The fraction of sp³-hybridized carbons (Fsp3) is 0.800. The van der Waals surface area contributed by atoms with Crippen molar-refractivity contribution in [3.63, 3.8) is 0 Å². The summed E-state index contributed by atoms with van der Waals surface area (Å²) < 4.78 is 5.04. The summed E-state index contributed by atoms with van der Waals surface area (Å²) in [4.78, 5) is 22.3. The van der Waals surface area contributed by atoms with Gasteiger partial charge in [0.15, 0.2) is 11.9 Å². The Morgan fingerprint density at radius 3 is 2.00 bits per heavy atom. The molecule has 0 amide bonds. The average Bonchev–Trinajstić information content (AvgIpc) is 1.96. The fourth-order valence-electron chi connectivity index (χ4n) is 0.760. The molecule has 0 aliphatic rings. The molecule has 0 rings (SSSR count). The van der Waals surface area contributed by atoms with Crippen LogP contribution in [-0.2, 0) is 14.3 Å². The molecule has 0 aromatic carbocycles. The van der Waals surface area contributed by atoms with Gasteiger partial charge < -0.3 is 4.74 Å². The second kappa shape index (κ2) is 4.40. The maximum atomic E-state index is 11.4. The molecule has 0 radical (unpaired) electrons. The Morgan fingerprint density at radius 1 is 1.31 bits per heavy atom. The molecule has 0 aromatic heterocycles. The standard InChI is InChI=1S/C10H18O3/c1-6-8(7(2)11)13-9(12)10(3,4)5/h8H,6H2,1-5H3/t8-/m1/s1. The quantitative estimate of drug-likeness (QED) is 0.633. The summed E-state index contributed by atoms with van der Waals surface area (Å²) in [5.74, 6) is -0.422. The molecule has 0 aromatic rings. The van der Waals surface area contributed by atoms with E-state index in [9.17, 15) is 9.59 Å². The molecule has 76 valence electrons. The van der Waals surface area contributed by atoms with E-state index in [0.29, 0.717) is 6.42 Å². The summed E-state index contributed by atoms with van der Waals surface area (Å²) in [6.45, 7) is 8.55. The zero-order valence-corrected chi connectivity index (χ0v) is 9.01. The van der Waals surface area contributed by atoms with Gasteiger partial charge in [-0.2, -0.15) is 0 Å². The third-order valence-corrected chi connectivity index (χ3v) is 1.69. The number of ketones is 1. The van der Waals surface area contributed by atoms with E-state index in [1.807, 2.05) is 6.92 Å². The number of hydrogen-bond donors (Lipinski definition) is 0. The molecule has 0 unspecified atom stereocenters. The Balaban J connectivity index is 4.26. The molecule has 0 spiro atoms. The molecule has 0 heterocycles. The molecule has 13 heavy (non-hydrogen) atoms. The summed E-state index contributed by atoms with van der Waals surface area (Å²) in [7, 11) is 0. The highest BCUT2D eigenvalue weighted by atomic mass is 16.5. The van der Waals surface area contributed by atoms with Crippen LogP contribution in [0, 0.1) is 5.41 Å². The SMILES string of the molecule is CC[C@@H](OC(=O)C(C)(C)C)C(C)=O. The smallest absolute Gasteiger partial charge is 0.311 e. The van der Waals surface area contributed by atoms with Gasteiger partial charge in [0.05, 0.1) is 5.41 Å². The molecule has 0 aliphatic carbocycles. The normalized spacial score (nSPS) is 13.6. The molecule has 0 N–H and O–H groups in total. The number of rotatable bonds is 3. The van der Waals surface area contributed by atoms with E-state index in [2.05, 4.69) is 0 Å². The third kappa shape index (κ3) is 4.06. The highest BCUT2D eigenvalue weighted by Gasteiger charge is 2.27. The summed E-state index contributed by atoms with van der Waals surface area (Å²) in [6, 6.07) is 0. The molecule has 0 saturated carbocycles. The maximum Gasteiger partial charge on any atom is 0.311 e. The largest absolute Gasteiger partial charge is 0.454 e. The van der Waals surface area contributed by atoms with Crippen molar-refractivity contribution in [2.45, 2.75) is 47.1 Å². The minimum absolute atomic E-state index is 0.0971. The van der Waals surface area contributed by atoms with E-state index in [1.165, 1.54) is 6.92 Å². The van der Waals surface area contributed by atoms with Gasteiger partial charge in [0.2, 0.25) is 0 Å². The van der Waals surface area contributed by atoms with Gasteiger partial charge in [-0.3, -0.25) is 9.59 Å². The van der Waals surface area contributed by atoms with Gasteiger partial charge in [0.25, 0.3) is 0 Å². The first-order valence-corrected chi connectivity index (χ1v) is 4.50. The first-order chi connectivity index (χ1) is 5.79. The van der Waals surface area contributed by atoms with Crippen molar-refractivity contribution in [3.05, 3.63) is 0 Å². The third-order valence-electron chi connectivity index (χ3n) is 1.69. The lowest BCUT2D eigenvalue weighted by molar-refractivity contribution is -0.162. The second-order valence-electron chi connectivity index (χ2n) is 4.16. The highest BCUT2D eigenvalue weighted by Crippen LogP contribution is 2.17. The molecular formula is C10H18O3. The Labute approximate surface area is 79.5 Å². The van der Waals surface area contributed by atoms with Crippen LogP contribution in [0.1, 0.15) is 41.0 Å². The Morgan fingerprint density at radius 2 is 1.77 bits per heavy atom. The lowest BCUT2D eigenvalue weighted by Crippen LogP contribution is -2.31. The van der Waals surface area contributed by atoms with Crippen molar-refractivity contribution in [1.29, 1.82) is 0 Å². The van der Waals surface area contributed by atoms with Crippen molar-refractivity contribution in [1.82, 2.24) is 0 Å². The maximum absolute atomic E-state index is 11.4. The van der Waals surface area contributed by atoms with Gasteiger partial charge >= 0.3 is 5.97 Å². The summed E-state index contributed by atoms with van der Waals surface area (Å²) in [5.41, 5.74) is -0.539. The van der Waals surface area contributed by atoms with E-state index in [1.54, 1.807) is 20.8 Å². The highest BCUT2D eigenvalue weighted by molar-refractivity contribution is 5.84. The molecule has 0 aliphatic heterocycles. The Kier molecular flexibility index (Phi) is 4.11. The number of carbonyl (C=O) groups is 2. The molecule has 3 heteroatoms. The van der Waals surface area contributed by atoms with Crippen molar-refractivity contribution in [3.8, 4) is 0 Å². The van der Waals surface area contributed by atoms with Gasteiger partial charge in [-0.15, -0.1) is 0 Å². The van der Waals surface area contributed by atoms with E-state index >= 15 is 0 Å². The predicted octanol–water partition coefficient (Wildman–Crippen LogP) is 1.94. The zero-order chi connectivity index (χ0) is 10.6. The minimum Gasteiger partial charge on any atom is -0.454 e. The molecule has 3 nitrogen and oxygen atoms in total. The lowest BCUT2D eigenvalue weighted by Gasteiger charge is -2.20. The Bertz CT molecular complexity index is 201. The van der Waals surface area contributed by atoms with Crippen LogP contribution in [0.3, 0.4) is 0 Å². The Hall–Kier alpha value is -0.860. The molecule has 0 fully saturated rings. The van der Waals surface area contributed by atoms with Crippen molar-refractivity contribution >= 4 is 11.8 Å². The first kappa shape index (κ1) is 12.1. The molecule has 0 bridgehead atoms. The van der Waals surface area contributed by atoms with Gasteiger partial charge in [-0.05, 0) is 34.1 Å². The van der Waals surface area contributed by atoms with Gasteiger partial charge in [-0.1, -0.05) is 6.92 Å². The van der Waals surface area contributed by atoms with Crippen LogP contribution in [-0.4, -0.2) is 17.9 Å². The van der Waals surface area contributed by atoms with E-state index in [4.69, 9.17) is 4.74 Å². The minimum atomic E-state index is -0.577. The second-order valence-corrected chi connectivity index (χ2v) is 4.16. The summed E-state index contributed by atoms with van der Waals surface area (Å²) >= 11 is 0. The molecule has 1 atom stereocenters. The van der Waals surface area contributed by atoms with Crippen LogP contribution in [0.4, 0.5) is 0 Å². The predicted molar refractivity (Wildman–Crippen MR) is 50.3 cm³/mol. The topological polar surface area (TPSA) is 43.4 Å². The van der Waals surface area contributed by atoms with Crippen LogP contribution >= 0.6 is 0 Å². The number of ether oxygens (including phenoxy) is 1.